The van der Waals surface area contributed by atoms with Crippen LogP contribution in [-0.2, 0) is 0 Å². The van der Waals surface area contributed by atoms with Crippen molar-refractivity contribution >= 4 is 28.9 Å². The Morgan fingerprint density at radius 1 is 1.00 bits per heavy atom. The fraction of sp³-hybridized carbons (Fsp3) is 0.133. The monoisotopic (exact) mass is 288 g/mol. The first-order valence-corrected chi connectivity index (χ1v) is 6.62. The predicted molar refractivity (Wildman–Crippen MR) is 77.3 cm³/mol. The van der Waals surface area contributed by atoms with Gasteiger partial charge in [-0.15, -0.1) is 0 Å². The van der Waals surface area contributed by atoms with Crippen LogP contribution in [0.5, 0.6) is 0 Å². The van der Waals surface area contributed by atoms with Crippen LogP contribution in [-0.4, -0.2) is 4.46 Å². The molecule has 0 aliphatic carbocycles. The number of benzene rings is 2. The molecule has 0 amide bonds. The second-order valence-corrected chi connectivity index (χ2v) is 5.78. The number of halogens is 2. The van der Waals surface area contributed by atoms with Crippen LogP contribution in [0.25, 0.3) is 0 Å². The SMILES string of the molecule is N#Cc1ccc(C2N(c3ccccc3)C2(Cl)Cl)cc1. The third-order valence-electron chi connectivity index (χ3n) is 3.23. The van der Waals surface area contributed by atoms with Crippen LogP contribution in [0, 0.1) is 11.3 Å². The van der Waals surface area contributed by atoms with Crippen molar-refractivity contribution in [2.24, 2.45) is 0 Å². The molecule has 2 nitrogen and oxygen atoms in total. The Balaban J connectivity index is 1.92. The molecule has 2 aromatic carbocycles. The molecule has 3 rings (SSSR count). The Labute approximate surface area is 121 Å². The zero-order valence-electron chi connectivity index (χ0n) is 9.92. The Morgan fingerprint density at radius 2 is 1.63 bits per heavy atom. The molecule has 19 heavy (non-hydrogen) atoms. The van der Waals surface area contributed by atoms with Gasteiger partial charge in [-0.05, 0) is 29.8 Å². The molecule has 0 spiro atoms. The second-order valence-electron chi connectivity index (χ2n) is 4.43. The average molecular weight is 289 g/mol. The summed E-state index contributed by atoms with van der Waals surface area (Å²) in [7, 11) is 0. The fourth-order valence-corrected chi connectivity index (χ4v) is 2.98. The van der Waals surface area contributed by atoms with E-state index in [9.17, 15) is 0 Å². The van der Waals surface area contributed by atoms with Crippen LogP contribution in [0.3, 0.4) is 0 Å². The van der Waals surface area contributed by atoms with Crippen LogP contribution in [0.4, 0.5) is 5.69 Å². The third kappa shape index (κ3) is 2.06. The number of nitriles is 1. The van der Waals surface area contributed by atoms with Crippen molar-refractivity contribution in [3.05, 3.63) is 65.7 Å². The maximum atomic E-state index is 8.80. The Kier molecular flexibility index (Phi) is 2.89. The molecule has 4 heteroatoms. The molecule has 0 radical (unpaired) electrons. The van der Waals surface area contributed by atoms with Crippen molar-refractivity contribution in [3.8, 4) is 6.07 Å². The number of para-hydroxylation sites is 1. The molecule has 0 N–H and O–H groups in total. The van der Waals surface area contributed by atoms with Crippen molar-refractivity contribution in [1.82, 2.24) is 0 Å². The predicted octanol–water partition coefficient (Wildman–Crippen LogP) is 4.25. The molecule has 1 aliphatic heterocycles. The molecular formula is C15H10Cl2N2. The molecule has 1 aliphatic rings. The van der Waals surface area contributed by atoms with Crippen molar-refractivity contribution < 1.29 is 0 Å². The van der Waals surface area contributed by atoms with E-state index in [0.717, 1.165) is 11.3 Å². The van der Waals surface area contributed by atoms with E-state index in [1.165, 1.54) is 0 Å². The molecule has 1 unspecified atom stereocenters. The standard InChI is InChI=1S/C15H10Cl2N2/c16-15(17)14(12-8-6-11(10-18)7-9-12)19(15)13-4-2-1-3-5-13/h1-9,14H. The van der Waals surface area contributed by atoms with Crippen molar-refractivity contribution in [2.75, 3.05) is 4.90 Å². The van der Waals surface area contributed by atoms with Crippen LogP contribution in [0.2, 0.25) is 0 Å². The summed E-state index contributed by atoms with van der Waals surface area (Å²) in [4.78, 5) is 1.94. The highest BCUT2D eigenvalue weighted by molar-refractivity contribution is 6.53. The quantitative estimate of drug-likeness (QED) is 0.469. The number of hydrogen-bond acceptors (Lipinski definition) is 2. The lowest BCUT2D eigenvalue weighted by atomic mass is 10.1. The third-order valence-corrected chi connectivity index (χ3v) is 4.01. The smallest absolute Gasteiger partial charge is 0.215 e. The number of nitrogens with zero attached hydrogens (tertiary/aromatic N) is 2. The first kappa shape index (κ1) is 12.3. The minimum atomic E-state index is -0.921. The molecule has 0 bridgehead atoms. The summed E-state index contributed by atoms with van der Waals surface area (Å²) >= 11 is 12.7. The molecule has 0 aromatic heterocycles. The minimum absolute atomic E-state index is 0.0778. The molecule has 1 fully saturated rings. The fourth-order valence-electron chi connectivity index (χ4n) is 2.24. The number of hydrogen-bond donors (Lipinski definition) is 0. The largest absolute Gasteiger partial charge is 0.326 e. The van der Waals surface area contributed by atoms with Gasteiger partial charge in [0.05, 0.1) is 11.6 Å². The van der Waals surface area contributed by atoms with E-state index in [1.54, 1.807) is 12.1 Å². The van der Waals surface area contributed by atoms with Crippen molar-refractivity contribution in [1.29, 1.82) is 5.26 Å². The summed E-state index contributed by atoms with van der Waals surface area (Å²) in [6.45, 7) is 0. The Hall–Kier alpha value is -1.69. The molecule has 0 saturated carbocycles. The second kappa shape index (κ2) is 4.45. The van der Waals surface area contributed by atoms with E-state index in [4.69, 9.17) is 28.5 Å². The summed E-state index contributed by atoms with van der Waals surface area (Å²) in [6.07, 6.45) is 0. The van der Waals surface area contributed by atoms with E-state index >= 15 is 0 Å². The number of alkyl halides is 2. The van der Waals surface area contributed by atoms with Gasteiger partial charge in [0.1, 0.15) is 6.04 Å². The maximum Gasteiger partial charge on any atom is 0.215 e. The topological polar surface area (TPSA) is 26.8 Å². The van der Waals surface area contributed by atoms with E-state index in [-0.39, 0.29) is 6.04 Å². The molecule has 1 saturated heterocycles. The molecule has 2 aromatic rings. The van der Waals surface area contributed by atoms with Gasteiger partial charge in [-0.25, -0.2) is 0 Å². The van der Waals surface area contributed by atoms with Crippen LogP contribution < -0.4 is 4.90 Å². The van der Waals surface area contributed by atoms with Crippen molar-refractivity contribution in [3.63, 3.8) is 0 Å². The van der Waals surface area contributed by atoms with Gasteiger partial charge in [0.25, 0.3) is 0 Å². The highest BCUT2D eigenvalue weighted by atomic mass is 35.5. The minimum Gasteiger partial charge on any atom is -0.326 e. The first-order chi connectivity index (χ1) is 9.14. The lowest BCUT2D eigenvalue weighted by Crippen LogP contribution is -2.00. The van der Waals surface area contributed by atoms with Gasteiger partial charge in [-0.1, -0.05) is 53.5 Å². The molecular weight excluding hydrogens is 279 g/mol. The summed E-state index contributed by atoms with van der Waals surface area (Å²) < 4.78 is -0.921. The average Bonchev–Trinajstić information content (AvgIpc) is 3.02. The van der Waals surface area contributed by atoms with Gasteiger partial charge in [0.15, 0.2) is 0 Å². The van der Waals surface area contributed by atoms with Crippen molar-refractivity contribution in [2.45, 2.75) is 10.5 Å². The van der Waals surface area contributed by atoms with Gasteiger partial charge >= 0.3 is 0 Å². The van der Waals surface area contributed by atoms with Gasteiger partial charge in [0.2, 0.25) is 4.46 Å². The lowest BCUT2D eigenvalue weighted by Gasteiger charge is -2.05. The van der Waals surface area contributed by atoms with E-state index < -0.39 is 4.46 Å². The summed E-state index contributed by atoms with van der Waals surface area (Å²) in [5, 5.41) is 8.80. The number of rotatable bonds is 2. The van der Waals surface area contributed by atoms with E-state index in [1.807, 2.05) is 47.4 Å². The number of anilines is 1. The Bertz CT molecular complexity index is 629. The summed E-state index contributed by atoms with van der Waals surface area (Å²) in [5.41, 5.74) is 2.63. The Morgan fingerprint density at radius 3 is 2.21 bits per heavy atom. The molecule has 1 heterocycles. The highest BCUT2D eigenvalue weighted by Crippen LogP contribution is 2.61. The van der Waals surface area contributed by atoms with E-state index in [2.05, 4.69) is 6.07 Å². The van der Waals surface area contributed by atoms with Crippen LogP contribution >= 0.6 is 23.2 Å². The van der Waals surface area contributed by atoms with Gasteiger partial charge in [0, 0.05) is 5.69 Å². The molecule has 94 valence electrons. The first-order valence-electron chi connectivity index (χ1n) is 5.87. The van der Waals surface area contributed by atoms with E-state index in [0.29, 0.717) is 5.56 Å². The zero-order valence-corrected chi connectivity index (χ0v) is 11.4. The highest BCUT2D eigenvalue weighted by Gasteiger charge is 2.62. The normalized spacial score (nSPS) is 19.8. The zero-order chi connectivity index (χ0) is 13.5. The van der Waals surface area contributed by atoms with Crippen LogP contribution in [0.15, 0.2) is 54.6 Å². The lowest BCUT2D eigenvalue weighted by molar-refractivity contribution is 1.10. The van der Waals surface area contributed by atoms with Gasteiger partial charge in [-0.3, -0.25) is 0 Å². The van der Waals surface area contributed by atoms with Gasteiger partial charge < -0.3 is 4.90 Å². The summed E-state index contributed by atoms with van der Waals surface area (Å²) in [5.74, 6) is 0. The summed E-state index contributed by atoms with van der Waals surface area (Å²) in [6, 6.07) is 19.2. The van der Waals surface area contributed by atoms with Crippen LogP contribution in [0.1, 0.15) is 17.2 Å². The maximum absolute atomic E-state index is 8.80. The molecule has 1 atom stereocenters. The van der Waals surface area contributed by atoms with Gasteiger partial charge in [-0.2, -0.15) is 5.26 Å².